The van der Waals surface area contributed by atoms with Gasteiger partial charge in [-0.1, -0.05) is 0 Å². The molecular weight excluding hydrogens is 283 g/mol. The summed E-state index contributed by atoms with van der Waals surface area (Å²) >= 11 is 0. The van der Waals surface area contributed by atoms with Gasteiger partial charge in [-0.2, -0.15) is 18.3 Å². The Labute approximate surface area is 120 Å². The van der Waals surface area contributed by atoms with Gasteiger partial charge in [-0.3, -0.25) is 5.10 Å². The van der Waals surface area contributed by atoms with Crippen molar-refractivity contribution in [3.63, 3.8) is 0 Å². The highest BCUT2D eigenvalue weighted by Crippen LogP contribution is 2.21. The van der Waals surface area contributed by atoms with E-state index in [0.29, 0.717) is 18.2 Å². The van der Waals surface area contributed by atoms with Crippen molar-refractivity contribution in [2.75, 3.05) is 5.32 Å². The number of nitrogens with one attached hydrogen (secondary N) is 2. The van der Waals surface area contributed by atoms with Gasteiger partial charge < -0.3 is 5.32 Å². The zero-order valence-corrected chi connectivity index (χ0v) is 11.8. The lowest BCUT2D eigenvalue weighted by atomic mass is 10.2. The number of halogens is 3. The lowest BCUT2D eigenvalue weighted by Gasteiger charge is -2.08. The Hall–Kier alpha value is -2.12. The van der Waals surface area contributed by atoms with Crippen LogP contribution in [-0.2, 0) is 13.0 Å². The van der Waals surface area contributed by atoms with Gasteiger partial charge in [-0.05, 0) is 26.3 Å². The van der Waals surface area contributed by atoms with E-state index in [1.165, 1.54) is 12.3 Å². The van der Waals surface area contributed by atoms with E-state index in [4.69, 9.17) is 0 Å². The summed E-state index contributed by atoms with van der Waals surface area (Å²) in [6.45, 7) is 4.25. The average molecular weight is 299 g/mol. The molecule has 0 amide bonds. The fourth-order valence-electron chi connectivity index (χ4n) is 1.89. The van der Waals surface area contributed by atoms with Crippen LogP contribution in [0.5, 0.6) is 0 Å². The summed E-state index contributed by atoms with van der Waals surface area (Å²) in [6, 6.07) is 1.49. The van der Waals surface area contributed by atoms with Gasteiger partial charge in [0.1, 0.15) is 0 Å². The SMILES string of the molecule is Cc1n[nH]c(C)c1CNc1nccc(CCC(F)(F)F)n1. The Morgan fingerprint density at radius 3 is 2.67 bits per heavy atom. The van der Waals surface area contributed by atoms with Gasteiger partial charge in [0.05, 0.1) is 5.69 Å². The minimum atomic E-state index is -4.18. The minimum Gasteiger partial charge on any atom is -0.350 e. The van der Waals surface area contributed by atoms with E-state index < -0.39 is 12.6 Å². The minimum absolute atomic E-state index is 0.148. The first-order valence-electron chi connectivity index (χ1n) is 6.48. The molecule has 2 rings (SSSR count). The molecule has 21 heavy (non-hydrogen) atoms. The van der Waals surface area contributed by atoms with Gasteiger partial charge in [0, 0.05) is 36.1 Å². The van der Waals surface area contributed by atoms with Crippen LogP contribution in [-0.4, -0.2) is 26.3 Å². The second-order valence-corrected chi connectivity index (χ2v) is 4.75. The van der Waals surface area contributed by atoms with Crippen molar-refractivity contribution in [2.45, 2.75) is 39.4 Å². The topological polar surface area (TPSA) is 66.5 Å². The van der Waals surface area contributed by atoms with Crippen molar-refractivity contribution >= 4 is 5.95 Å². The third-order valence-corrected chi connectivity index (χ3v) is 3.08. The quantitative estimate of drug-likeness (QED) is 0.891. The van der Waals surface area contributed by atoms with Crippen LogP contribution < -0.4 is 5.32 Å². The summed E-state index contributed by atoms with van der Waals surface area (Å²) in [5.41, 5.74) is 3.17. The summed E-state index contributed by atoms with van der Waals surface area (Å²) in [4.78, 5) is 8.09. The number of aromatic nitrogens is 4. The van der Waals surface area contributed by atoms with Crippen LogP contribution in [0.15, 0.2) is 12.3 Å². The van der Waals surface area contributed by atoms with E-state index in [-0.39, 0.29) is 6.42 Å². The Kier molecular flexibility index (Phi) is 4.44. The molecule has 8 heteroatoms. The third kappa shape index (κ3) is 4.44. The molecule has 0 spiro atoms. The molecule has 0 aliphatic rings. The Bertz CT molecular complexity index is 587. The van der Waals surface area contributed by atoms with Crippen molar-refractivity contribution < 1.29 is 13.2 Å². The summed E-state index contributed by atoms with van der Waals surface area (Å²) in [6.07, 6.45) is -3.76. The molecule has 0 saturated carbocycles. The summed E-state index contributed by atoms with van der Waals surface area (Å²) in [5.74, 6) is 0.315. The Morgan fingerprint density at radius 1 is 1.29 bits per heavy atom. The maximum atomic E-state index is 12.2. The van der Waals surface area contributed by atoms with Crippen LogP contribution in [0.2, 0.25) is 0 Å². The Morgan fingerprint density at radius 2 is 2.05 bits per heavy atom. The zero-order valence-electron chi connectivity index (χ0n) is 11.8. The van der Waals surface area contributed by atoms with Gasteiger partial charge in [0.15, 0.2) is 0 Å². The van der Waals surface area contributed by atoms with Crippen molar-refractivity contribution in [3.8, 4) is 0 Å². The van der Waals surface area contributed by atoms with Crippen LogP contribution in [0.3, 0.4) is 0 Å². The van der Waals surface area contributed by atoms with Crippen molar-refractivity contribution in [3.05, 3.63) is 34.9 Å². The van der Waals surface area contributed by atoms with Crippen LogP contribution in [0.25, 0.3) is 0 Å². The fourth-order valence-corrected chi connectivity index (χ4v) is 1.89. The van der Waals surface area contributed by atoms with Crippen molar-refractivity contribution in [1.29, 1.82) is 0 Å². The predicted molar refractivity (Wildman–Crippen MR) is 71.8 cm³/mol. The molecule has 2 aromatic heterocycles. The first kappa shape index (κ1) is 15.3. The molecule has 0 saturated heterocycles. The highest BCUT2D eigenvalue weighted by molar-refractivity contribution is 5.31. The van der Waals surface area contributed by atoms with Crippen LogP contribution >= 0.6 is 0 Å². The number of aromatic amines is 1. The second kappa shape index (κ2) is 6.11. The van der Waals surface area contributed by atoms with Crippen molar-refractivity contribution in [2.24, 2.45) is 0 Å². The lowest BCUT2D eigenvalue weighted by Crippen LogP contribution is -2.10. The van der Waals surface area contributed by atoms with Gasteiger partial charge in [-0.15, -0.1) is 0 Å². The predicted octanol–water partition coefficient (Wildman–Crippen LogP) is 2.92. The molecule has 0 aliphatic carbocycles. The second-order valence-electron chi connectivity index (χ2n) is 4.75. The molecule has 114 valence electrons. The number of H-pyrrole nitrogens is 1. The molecule has 0 atom stereocenters. The van der Waals surface area contributed by atoms with Crippen LogP contribution in [0.4, 0.5) is 19.1 Å². The molecule has 2 heterocycles. The van der Waals surface area contributed by atoms with E-state index in [2.05, 4.69) is 25.5 Å². The van der Waals surface area contributed by atoms with E-state index >= 15 is 0 Å². The normalized spacial score (nSPS) is 11.7. The van der Waals surface area contributed by atoms with Crippen LogP contribution in [0.1, 0.15) is 29.1 Å². The van der Waals surface area contributed by atoms with E-state index in [9.17, 15) is 13.2 Å². The fraction of sp³-hybridized carbons (Fsp3) is 0.462. The molecular formula is C13H16F3N5. The van der Waals surface area contributed by atoms with Crippen molar-refractivity contribution in [1.82, 2.24) is 20.2 Å². The van der Waals surface area contributed by atoms with Gasteiger partial charge in [0.25, 0.3) is 0 Å². The first-order chi connectivity index (χ1) is 9.85. The number of nitrogens with zero attached hydrogens (tertiary/aromatic N) is 3. The van der Waals surface area contributed by atoms with Crippen LogP contribution in [0, 0.1) is 13.8 Å². The maximum Gasteiger partial charge on any atom is 0.389 e. The summed E-state index contributed by atoms with van der Waals surface area (Å²) in [5, 5.41) is 9.94. The molecule has 0 unspecified atom stereocenters. The third-order valence-electron chi connectivity index (χ3n) is 3.08. The number of rotatable bonds is 5. The number of alkyl halides is 3. The summed E-state index contributed by atoms with van der Waals surface area (Å²) < 4.78 is 36.6. The molecule has 2 N–H and O–H groups in total. The first-order valence-corrected chi connectivity index (χ1v) is 6.48. The highest BCUT2D eigenvalue weighted by atomic mass is 19.4. The monoisotopic (exact) mass is 299 g/mol. The molecule has 2 aromatic rings. The molecule has 0 aromatic carbocycles. The molecule has 0 aliphatic heterocycles. The highest BCUT2D eigenvalue weighted by Gasteiger charge is 2.26. The number of anilines is 1. The van der Waals surface area contributed by atoms with E-state index in [0.717, 1.165) is 17.0 Å². The smallest absolute Gasteiger partial charge is 0.350 e. The molecule has 0 radical (unpaired) electrons. The van der Waals surface area contributed by atoms with E-state index in [1.54, 1.807) is 0 Å². The maximum absolute atomic E-state index is 12.2. The lowest BCUT2D eigenvalue weighted by molar-refractivity contribution is -0.134. The Balaban J connectivity index is 1.98. The van der Waals surface area contributed by atoms with Gasteiger partial charge >= 0.3 is 6.18 Å². The standard InChI is InChI=1S/C13H16F3N5/c1-8-11(9(2)21-20-8)7-18-12-17-6-4-10(19-12)3-5-13(14,15)16/h4,6H,3,5,7H2,1-2H3,(H,20,21)(H,17,18,19). The largest absolute Gasteiger partial charge is 0.389 e. The van der Waals surface area contributed by atoms with Gasteiger partial charge in [0.2, 0.25) is 5.95 Å². The number of aryl methyl sites for hydroxylation is 3. The van der Waals surface area contributed by atoms with Gasteiger partial charge in [-0.25, -0.2) is 9.97 Å². The number of hydrogen-bond acceptors (Lipinski definition) is 4. The summed E-state index contributed by atoms with van der Waals surface area (Å²) in [7, 11) is 0. The average Bonchev–Trinajstić information content (AvgIpc) is 2.73. The molecule has 0 bridgehead atoms. The zero-order chi connectivity index (χ0) is 15.5. The molecule has 0 fully saturated rings. The van der Waals surface area contributed by atoms with E-state index in [1.807, 2.05) is 13.8 Å². The molecule has 5 nitrogen and oxygen atoms in total. The number of hydrogen-bond donors (Lipinski definition) is 2.